The highest BCUT2D eigenvalue weighted by atomic mass is 32.2. The fourth-order valence-corrected chi connectivity index (χ4v) is 1.93. The Labute approximate surface area is 108 Å². The second-order valence-corrected chi connectivity index (χ2v) is 4.36. The third-order valence-corrected chi connectivity index (χ3v) is 2.94. The van der Waals surface area contributed by atoms with Crippen LogP contribution in [-0.4, -0.2) is 31.4 Å². The number of thioether (sulfide) groups is 1. The minimum absolute atomic E-state index is 0.0142. The fraction of sp³-hybridized carbons (Fsp3) is 0.364. The first-order valence-electron chi connectivity index (χ1n) is 5.16. The molecule has 0 aliphatic carbocycles. The van der Waals surface area contributed by atoms with E-state index in [1.165, 1.54) is 7.11 Å². The Hall–Kier alpha value is -1.34. The van der Waals surface area contributed by atoms with E-state index in [9.17, 15) is 13.6 Å². The number of anilines is 1. The maximum atomic E-state index is 12.4. The number of nitrogens with two attached hydrogens (primary N) is 1. The summed E-state index contributed by atoms with van der Waals surface area (Å²) in [6, 6.07) is 5.73. The SMILES string of the molecule is COC(=O)C(CN)Nc1ccccc1SC(F)F. The number of esters is 1. The van der Waals surface area contributed by atoms with E-state index in [0.29, 0.717) is 22.3 Å². The van der Waals surface area contributed by atoms with Gasteiger partial charge >= 0.3 is 5.97 Å². The number of alkyl halides is 2. The van der Waals surface area contributed by atoms with Gasteiger partial charge in [-0.05, 0) is 12.1 Å². The van der Waals surface area contributed by atoms with Crippen LogP contribution in [0.1, 0.15) is 0 Å². The third kappa shape index (κ3) is 4.15. The van der Waals surface area contributed by atoms with Crippen LogP contribution in [0.25, 0.3) is 0 Å². The number of nitrogens with one attached hydrogen (secondary N) is 1. The van der Waals surface area contributed by atoms with Gasteiger partial charge in [0.25, 0.3) is 5.76 Å². The van der Waals surface area contributed by atoms with Crippen molar-refractivity contribution in [3.05, 3.63) is 24.3 Å². The molecule has 1 rings (SSSR count). The molecule has 0 saturated heterocycles. The molecule has 1 atom stereocenters. The standard InChI is InChI=1S/C11H14F2N2O2S/c1-17-10(16)8(6-14)15-7-4-2-3-5-9(7)18-11(12)13/h2-5,8,11,15H,6,14H2,1H3. The van der Waals surface area contributed by atoms with Crippen LogP contribution in [0.15, 0.2) is 29.2 Å². The zero-order chi connectivity index (χ0) is 13.5. The Balaban J connectivity index is 2.85. The summed E-state index contributed by atoms with van der Waals surface area (Å²) < 4.78 is 29.3. The number of rotatable bonds is 6. The van der Waals surface area contributed by atoms with Crippen LogP contribution >= 0.6 is 11.8 Å². The van der Waals surface area contributed by atoms with Crippen molar-refractivity contribution >= 4 is 23.4 Å². The number of methoxy groups -OCH3 is 1. The van der Waals surface area contributed by atoms with Crippen LogP contribution in [0.2, 0.25) is 0 Å². The minimum Gasteiger partial charge on any atom is -0.467 e. The van der Waals surface area contributed by atoms with Gasteiger partial charge in [-0.25, -0.2) is 4.79 Å². The number of carbonyl (C=O) groups excluding carboxylic acids is 1. The average Bonchev–Trinajstić information content (AvgIpc) is 2.36. The van der Waals surface area contributed by atoms with Crippen molar-refractivity contribution in [1.82, 2.24) is 0 Å². The van der Waals surface area contributed by atoms with E-state index in [1.54, 1.807) is 24.3 Å². The summed E-state index contributed by atoms with van der Waals surface area (Å²) in [6.45, 7) is 0.0142. The molecule has 7 heteroatoms. The zero-order valence-corrected chi connectivity index (χ0v) is 10.5. The second-order valence-electron chi connectivity index (χ2n) is 3.33. The van der Waals surface area contributed by atoms with Gasteiger partial charge in [-0.3, -0.25) is 0 Å². The molecular weight excluding hydrogens is 262 g/mol. The lowest BCUT2D eigenvalue weighted by Gasteiger charge is -2.17. The first kappa shape index (κ1) is 14.7. The molecule has 1 aromatic carbocycles. The summed E-state index contributed by atoms with van der Waals surface area (Å²) in [6.07, 6.45) is 0. The minimum atomic E-state index is -2.53. The highest BCUT2D eigenvalue weighted by Gasteiger charge is 2.19. The van der Waals surface area contributed by atoms with Gasteiger partial charge < -0.3 is 15.8 Å². The molecule has 0 heterocycles. The summed E-state index contributed by atoms with van der Waals surface area (Å²) >= 11 is 0.408. The lowest BCUT2D eigenvalue weighted by Crippen LogP contribution is -2.37. The number of para-hydroxylation sites is 1. The molecule has 0 aromatic heterocycles. The van der Waals surface area contributed by atoms with E-state index in [-0.39, 0.29) is 6.54 Å². The number of hydrogen-bond acceptors (Lipinski definition) is 5. The summed E-state index contributed by atoms with van der Waals surface area (Å²) in [4.78, 5) is 11.7. The largest absolute Gasteiger partial charge is 0.467 e. The Morgan fingerprint density at radius 3 is 2.72 bits per heavy atom. The number of ether oxygens (including phenoxy) is 1. The number of carbonyl (C=O) groups is 1. The summed E-state index contributed by atoms with van der Waals surface area (Å²) in [7, 11) is 1.24. The Morgan fingerprint density at radius 2 is 2.17 bits per heavy atom. The smallest absolute Gasteiger partial charge is 0.329 e. The average molecular weight is 276 g/mol. The molecule has 0 saturated carbocycles. The Morgan fingerprint density at radius 1 is 1.50 bits per heavy atom. The third-order valence-electron chi connectivity index (χ3n) is 2.15. The van der Waals surface area contributed by atoms with Crippen molar-refractivity contribution in [2.75, 3.05) is 19.0 Å². The maximum absolute atomic E-state index is 12.4. The molecule has 0 amide bonds. The van der Waals surface area contributed by atoms with Gasteiger partial charge in [0.1, 0.15) is 6.04 Å². The first-order valence-corrected chi connectivity index (χ1v) is 6.04. The number of hydrogen-bond donors (Lipinski definition) is 2. The van der Waals surface area contributed by atoms with Gasteiger partial charge in [0, 0.05) is 17.1 Å². The van der Waals surface area contributed by atoms with Crippen molar-refractivity contribution < 1.29 is 18.3 Å². The van der Waals surface area contributed by atoms with E-state index in [4.69, 9.17) is 5.73 Å². The van der Waals surface area contributed by atoms with E-state index >= 15 is 0 Å². The lowest BCUT2D eigenvalue weighted by atomic mass is 10.2. The highest BCUT2D eigenvalue weighted by molar-refractivity contribution is 7.99. The molecule has 0 radical (unpaired) electrons. The predicted octanol–water partition coefficient (Wildman–Crippen LogP) is 1.91. The predicted molar refractivity (Wildman–Crippen MR) is 66.8 cm³/mol. The van der Waals surface area contributed by atoms with Crippen molar-refractivity contribution in [1.29, 1.82) is 0 Å². The van der Waals surface area contributed by atoms with Gasteiger partial charge in [-0.2, -0.15) is 8.78 Å². The van der Waals surface area contributed by atoms with Gasteiger partial charge in [0.15, 0.2) is 0 Å². The Bertz CT molecular complexity index is 404. The molecule has 3 N–H and O–H groups in total. The van der Waals surface area contributed by atoms with Gasteiger partial charge in [-0.15, -0.1) is 0 Å². The number of halogens is 2. The van der Waals surface area contributed by atoms with Crippen molar-refractivity contribution in [2.24, 2.45) is 5.73 Å². The highest BCUT2D eigenvalue weighted by Crippen LogP contribution is 2.31. The maximum Gasteiger partial charge on any atom is 0.329 e. The van der Waals surface area contributed by atoms with Crippen LogP contribution in [0.3, 0.4) is 0 Å². The monoisotopic (exact) mass is 276 g/mol. The molecule has 0 aliphatic rings. The summed E-state index contributed by atoms with van der Waals surface area (Å²) in [5, 5.41) is 2.80. The van der Waals surface area contributed by atoms with Crippen molar-refractivity contribution in [3.8, 4) is 0 Å². The van der Waals surface area contributed by atoms with Gasteiger partial charge in [-0.1, -0.05) is 23.9 Å². The van der Waals surface area contributed by atoms with Gasteiger partial charge in [0.05, 0.1) is 7.11 Å². The second kappa shape index (κ2) is 7.17. The van der Waals surface area contributed by atoms with E-state index in [0.717, 1.165) is 0 Å². The molecule has 0 spiro atoms. The molecule has 4 nitrogen and oxygen atoms in total. The molecule has 0 fully saturated rings. The molecule has 18 heavy (non-hydrogen) atoms. The van der Waals surface area contributed by atoms with Crippen LogP contribution < -0.4 is 11.1 Å². The normalized spacial score (nSPS) is 12.3. The zero-order valence-electron chi connectivity index (χ0n) is 9.73. The lowest BCUT2D eigenvalue weighted by molar-refractivity contribution is -0.141. The molecule has 100 valence electrons. The Kier molecular flexibility index (Phi) is 5.87. The van der Waals surface area contributed by atoms with Crippen LogP contribution in [0.4, 0.5) is 14.5 Å². The molecule has 1 unspecified atom stereocenters. The van der Waals surface area contributed by atoms with Gasteiger partial charge in [0.2, 0.25) is 0 Å². The quantitative estimate of drug-likeness (QED) is 0.614. The number of benzene rings is 1. The first-order chi connectivity index (χ1) is 8.58. The van der Waals surface area contributed by atoms with Crippen molar-refractivity contribution in [3.63, 3.8) is 0 Å². The molecule has 0 bridgehead atoms. The van der Waals surface area contributed by atoms with Crippen LogP contribution in [0, 0.1) is 0 Å². The molecular formula is C11H14F2N2O2S. The topological polar surface area (TPSA) is 64.3 Å². The molecule has 0 aliphatic heterocycles. The van der Waals surface area contributed by atoms with Crippen LogP contribution in [0.5, 0.6) is 0 Å². The van der Waals surface area contributed by atoms with E-state index in [2.05, 4.69) is 10.1 Å². The van der Waals surface area contributed by atoms with E-state index in [1.807, 2.05) is 0 Å². The summed E-state index contributed by atoms with van der Waals surface area (Å²) in [5.74, 6) is -3.06. The van der Waals surface area contributed by atoms with Crippen molar-refractivity contribution in [2.45, 2.75) is 16.7 Å². The van der Waals surface area contributed by atoms with E-state index < -0.39 is 17.8 Å². The molecule has 1 aromatic rings. The van der Waals surface area contributed by atoms with Crippen LogP contribution in [-0.2, 0) is 9.53 Å². The summed E-state index contributed by atoms with van der Waals surface area (Å²) in [5.41, 5.74) is 5.86. The fourth-order valence-electron chi connectivity index (χ4n) is 1.33.